The Hall–Kier alpha value is -2.34. The number of nitrogens with zero attached hydrogens (tertiary/aromatic N) is 2. The molecule has 0 radical (unpaired) electrons. The number of hydrogen-bond acceptors (Lipinski definition) is 3. The van der Waals surface area contributed by atoms with Gasteiger partial charge in [-0.3, -0.25) is 0 Å². The number of hydrogen-bond donors (Lipinski definition) is 0. The van der Waals surface area contributed by atoms with E-state index in [1.165, 1.54) is 0 Å². The molecule has 0 aliphatic carbocycles. The minimum absolute atomic E-state index is 0.318. The van der Waals surface area contributed by atoms with Gasteiger partial charge in [-0.05, 0) is 17.7 Å². The standard InChI is InChI=1S/C13H10N2O/c14-9-12-13(7-4-8-15-12)16-10-11-5-2-1-3-6-11/h1-8H,10H2. The average Bonchev–Trinajstić information content (AvgIpc) is 2.38. The SMILES string of the molecule is N#Cc1ncccc1OCc1ccccc1. The third kappa shape index (κ3) is 2.37. The van der Waals surface area contributed by atoms with Crippen molar-refractivity contribution >= 4 is 0 Å². The molecule has 78 valence electrons. The van der Waals surface area contributed by atoms with E-state index in [1.807, 2.05) is 36.4 Å². The first kappa shape index (κ1) is 10.2. The summed E-state index contributed by atoms with van der Waals surface area (Å²) in [7, 11) is 0. The van der Waals surface area contributed by atoms with E-state index >= 15 is 0 Å². The van der Waals surface area contributed by atoms with Crippen LogP contribution in [0.15, 0.2) is 48.7 Å². The molecule has 3 nitrogen and oxygen atoms in total. The van der Waals surface area contributed by atoms with Crippen LogP contribution in [0.2, 0.25) is 0 Å². The molecular formula is C13H10N2O. The molecule has 0 bridgehead atoms. The predicted molar refractivity (Wildman–Crippen MR) is 59.7 cm³/mol. The Morgan fingerprint density at radius 3 is 2.69 bits per heavy atom. The molecule has 0 amide bonds. The molecule has 3 heteroatoms. The van der Waals surface area contributed by atoms with E-state index in [9.17, 15) is 0 Å². The van der Waals surface area contributed by atoms with E-state index in [0.717, 1.165) is 5.56 Å². The van der Waals surface area contributed by atoms with Gasteiger partial charge in [0.25, 0.3) is 0 Å². The molecule has 0 fully saturated rings. The Morgan fingerprint density at radius 1 is 1.12 bits per heavy atom. The van der Waals surface area contributed by atoms with Gasteiger partial charge < -0.3 is 4.74 Å². The largest absolute Gasteiger partial charge is 0.486 e. The Kier molecular flexibility index (Phi) is 3.15. The van der Waals surface area contributed by atoms with Crippen molar-refractivity contribution in [3.63, 3.8) is 0 Å². The van der Waals surface area contributed by atoms with E-state index in [1.54, 1.807) is 18.3 Å². The minimum atomic E-state index is 0.318. The Labute approximate surface area is 93.9 Å². The fourth-order valence-electron chi connectivity index (χ4n) is 1.33. The van der Waals surface area contributed by atoms with Crippen LogP contribution in [-0.4, -0.2) is 4.98 Å². The number of ether oxygens (including phenoxy) is 1. The third-order valence-electron chi connectivity index (χ3n) is 2.11. The van der Waals surface area contributed by atoms with E-state index in [4.69, 9.17) is 10.00 Å². The number of aromatic nitrogens is 1. The van der Waals surface area contributed by atoms with Crippen molar-refractivity contribution in [2.45, 2.75) is 6.61 Å². The van der Waals surface area contributed by atoms with Crippen LogP contribution in [-0.2, 0) is 6.61 Å². The van der Waals surface area contributed by atoms with E-state index in [2.05, 4.69) is 4.98 Å². The highest BCUT2D eigenvalue weighted by atomic mass is 16.5. The van der Waals surface area contributed by atoms with E-state index in [-0.39, 0.29) is 0 Å². The smallest absolute Gasteiger partial charge is 0.182 e. The van der Waals surface area contributed by atoms with Gasteiger partial charge in [0, 0.05) is 6.20 Å². The highest BCUT2D eigenvalue weighted by molar-refractivity contribution is 5.36. The van der Waals surface area contributed by atoms with Gasteiger partial charge in [0.2, 0.25) is 0 Å². The second-order valence-corrected chi connectivity index (χ2v) is 3.24. The highest BCUT2D eigenvalue weighted by Gasteiger charge is 2.02. The van der Waals surface area contributed by atoms with Crippen molar-refractivity contribution in [1.82, 2.24) is 4.98 Å². The monoisotopic (exact) mass is 210 g/mol. The summed E-state index contributed by atoms with van der Waals surface area (Å²) < 4.78 is 5.53. The van der Waals surface area contributed by atoms with Crippen LogP contribution < -0.4 is 4.74 Å². The molecule has 1 aromatic heterocycles. The first-order valence-corrected chi connectivity index (χ1v) is 4.92. The maximum atomic E-state index is 8.82. The van der Waals surface area contributed by atoms with E-state index < -0.39 is 0 Å². The van der Waals surface area contributed by atoms with Gasteiger partial charge in [-0.25, -0.2) is 4.98 Å². The molecule has 2 rings (SSSR count). The third-order valence-corrected chi connectivity index (χ3v) is 2.11. The lowest BCUT2D eigenvalue weighted by molar-refractivity contribution is 0.304. The molecule has 2 aromatic rings. The number of rotatable bonds is 3. The van der Waals surface area contributed by atoms with Crippen LogP contribution in [0, 0.1) is 11.3 Å². The molecule has 1 aromatic carbocycles. The van der Waals surface area contributed by atoms with Crippen molar-refractivity contribution in [3.8, 4) is 11.8 Å². The molecule has 0 saturated carbocycles. The fraction of sp³-hybridized carbons (Fsp3) is 0.0769. The zero-order chi connectivity index (χ0) is 11.2. The zero-order valence-corrected chi connectivity index (χ0v) is 8.63. The van der Waals surface area contributed by atoms with Crippen LogP contribution >= 0.6 is 0 Å². The van der Waals surface area contributed by atoms with Gasteiger partial charge in [0.05, 0.1) is 0 Å². The maximum Gasteiger partial charge on any atom is 0.182 e. The quantitative estimate of drug-likeness (QED) is 0.782. The van der Waals surface area contributed by atoms with Gasteiger partial charge in [-0.2, -0.15) is 5.26 Å². The van der Waals surface area contributed by atoms with Crippen molar-refractivity contribution in [2.75, 3.05) is 0 Å². The molecule has 0 aliphatic heterocycles. The summed E-state index contributed by atoms with van der Waals surface area (Å²) in [4.78, 5) is 3.92. The fourth-order valence-corrected chi connectivity index (χ4v) is 1.33. The molecule has 1 heterocycles. The summed E-state index contributed by atoms with van der Waals surface area (Å²) in [5, 5.41) is 8.82. The minimum Gasteiger partial charge on any atom is -0.486 e. The summed E-state index contributed by atoms with van der Waals surface area (Å²) >= 11 is 0. The van der Waals surface area contributed by atoms with Crippen LogP contribution in [0.25, 0.3) is 0 Å². The van der Waals surface area contributed by atoms with Crippen molar-refractivity contribution in [1.29, 1.82) is 5.26 Å². The lowest BCUT2D eigenvalue weighted by atomic mass is 10.2. The lowest BCUT2D eigenvalue weighted by Gasteiger charge is -2.06. The topological polar surface area (TPSA) is 45.9 Å². The van der Waals surface area contributed by atoms with Crippen LogP contribution in [0.5, 0.6) is 5.75 Å². The molecule has 16 heavy (non-hydrogen) atoms. The predicted octanol–water partition coefficient (Wildman–Crippen LogP) is 2.53. The van der Waals surface area contributed by atoms with Crippen LogP contribution in [0.3, 0.4) is 0 Å². The number of nitriles is 1. The molecule has 0 spiro atoms. The summed E-state index contributed by atoms with van der Waals surface area (Å²) in [6, 6.07) is 15.3. The molecular weight excluding hydrogens is 200 g/mol. The number of benzene rings is 1. The Bertz CT molecular complexity index is 503. The highest BCUT2D eigenvalue weighted by Crippen LogP contribution is 2.15. The molecule has 0 saturated heterocycles. The summed E-state index contributed by atoms with van der Waals surface area (Å²) in [5.74, 6) is 0.522. The second kappa shape index (κ2) is 4.94. The van der Waals surface area contributed by atoms with Crippen molar-refractivity contribution in [3.05, 3.63) is 59.9 Å². The average molecular weight is 210 g/mol. The van der Waals surface area contributed by atoms with Gasteiger partial charge in [-0.15, -0.1) is 0 Å². The lowest BCUT2D eigenvalue weighted by Crippen LogP contribution is -1.97. The van der Waals surface area contributed by atoms with Crippen LogP contribution in [0.1, 0.15) is 11.3 Å². The maximum absolute atomic E-state index is 8.82. The molecule has 0 N–H and O–H groups in total. The summed E-state index contributed by atoms with van der Waals surface area (Å²) in [6.45, 7) is 0.446. The van der Waals surface area contributed by atoms with Gasteiger partial charge in [0.1, 0.15) is 12.7 Å². The summed E-state index contributed by atoms with van der Waals surface area (Å²) in [6.07, 6.45) is 1.58. The Morgan fingerprint density at radius 2 is 1.94 bits per heavy atom. The zero-order valence-electron chi connectivity index (χ0n) is 8.63. The normalized spacial score (nSPS) is 9.44. The molecule has 0 atom stereocenters. The van der Waals surface area contributed by atoms with Gasteiger partial charge >= 0.3 is 0 Å². The summed E-state index contributed by atoms with van der Waals surface area (Å²) in [5.41, 5.74) is 1.38. The second-order valence-electron chi connectivity index (χ2n) is 3.24. The molecule has 0 aliphatic rings. The Balaban J connectivity index is 2.09. The first-order valence-electron chi connectivity index (χ1n) is 4.92. The molecule has 0 unspecified atom stereocenters. The van der Waals surface area contributed by atoms with Gasteiger partial charge in [-0.1, -0.05) is 30.3 Å². The van der Waals surface area contributed by atoms with E-state index in [0.29, 0.717) is 18.1 Å². The van der Waals surface area contributed by atoms with Gasteiger partial charge in [0.15, 0.2) is 11.4 Å². The van der Waals surface area contributed by atoms with Crippen molar-refractivity contribution in [2.24, 2.45) is 0 Å². The number of pyridine rings is 1. The first-order chi connectivity index (χ1) is 7.90. The van der Waals surface area contributed by atoms with Crippen LogP contribution in [0.4, 0.5) is 0 Å². The van der Waals surface area contributed by atoms with Crippen molar-refractivity contribution < 1.29 is 4.74 Å².